The van der Waals surface area contributed by atoms with Gasteiger partial charge in [0.25, 0.3) is 5.91 Å². The van der Waals surface area contributed by atoms with Crippen LogP contribution in [-0.4, -0.2) is 24.2 Å². The maximum absolute atomic E-state index is 11.9. The summed E-state index contributed by atoms with van der Waals surface area (Å²) in [7, 11) is 0. The number of hydrogen-bond acceptors (Lipinski definition) is 3. The third-order valence-corrected chi connectivity index (χ3v) is 2.50. The largest absolute Gasteiger partial charge is 0.459 e. The van der Waals surface area contributed by atoms with Crippen molar-refractivity contribution in [2.24, 2.45) is 0 Å². The van der Waals surface area contributed by atoms with E-state index in [9.17, 15) is 4.79 Å². The molecular weight excluding hydrogens is 242 g/mol. The van der Waals surface area contributed by atoms with Crippen molar-refractivity contribution in [3.63, 3.8) is 0 Å². The predicted octanol–water partition coefficient (Wildman–Crippen LogP) is 1.67. The van der Waals surface area contributed by atoms with Crippen molar-refractivity contribution in [2.45, 2.75) is 0 Å². The molecule has 0 radical (unpaired) electrons. The number of rotatable bonds is 3. The van der Waals surface area contributed by atoms with E-state index in [-0.39, 0.29) is 24.8 Å². The fourth-order valence-electron chi connectivity index (χ4n) is 1.65. The first-order valence-electron chi connectivity index (χ1n) is 5.80. The van der Waals surface area contributed by atoms with E-state index in [2.05, 4.69) is 17.2 Å². The summed E-state index contributed by atoms with van der Waals surface area (Å²) in [6.07, 6.45) is 1.48. The molecule has 0 saturated carbocycles. The molecule has 2 rings (SSSR count). The minimum Gasteiger partial charge on any atom is -0.459 e. The van der Waals surface area contributed by atoms with Crippen LogP contribution in [0.2, 0.25) is 0 Å². The number of carbonyl (C=O) groups excluding carboxylic acids is 1. The van der Waals surface area contributed by atoms with Crippen LogP contribution in [0.3, 0.4) is 0 Å². The molecule has 96 valence electrons. The summed E-state index contributed by atoms with van der Waals surface area (Å²) in [5, 5.41) is 11.1. The molecule has 1 aromatic carbocycles. The fraction of sp³-hybridized carbons (Fsp3) is 0.133. The molecule has 4 heteroatoms. The monoisotopic (exact) mass is 255 g/mol. The first kappa shape index (κ1) is 12.9. The lowest BCUT2D eigenvalue weighted by atomic mass is 10.1. The van der Waals surface area contributed by atoms with Gasteiger partial charge in [-0.15, -0.1) is 0 Å². The third kappa shape index (κ3) is 3.24. The standard InChI is InChI=1S/C15H13NO3/c17-10-5-4-9-16-15(18)14-13(8-11-19-14)12-6-2-1-3-7-12/h1-3,6-8,11,17H,9-10H2,(H,16,18). The van der Waals surface area contributed by atoms with Gasteiger partial charge in [-0.2, -0.15) is 0 Å². The lowest BCUT2D eigenvalue weighted by molar-refractivity contribution is 0.0932. The van der Waals surface area contributed by atoms with E-state index >= 15 is 0 Å². The van der Waals surface area contributed by atoms with Crippen LogP contribution in [-0.2, 0) is 0 Å². The number of hydrogen-bond donors (Lipinski definition) is 2. The van der Waals surface area contributed by atoms with Crippen LogP contribution in [0.25, 0.3) is 11.1 Å². The summed E-state index contributed by atoms with van der Waals surface area (Å²) in [5.74, 6) is 5.01. The number of aliphatic hydroxyl groups is 1. The smallest absolute Gasteiger partial charge is 0.288 e. The third-order valence-electron chi connectivity index (χ3n) is 2.50. The Bertz CT molecular complexity index is 605. The minimum atomic E-state index is -0.323. The Kier molecular flexibility index (Phi) is 4.38. The van der Waals surface area contributed by atoms with Crippen molar-refractivity contribution in [1.82, 2.24) is 5.32 Å². The molecule has 0 bridgehead atoms. The van der Waals surface area contributed by atoms with Crippen LogP contribution < -0.4 is 5.32 Å². The summed E-state index contributed by atoms with van der Waals surface area (Å²) >= 11 is 0. The van der Waals surface area contributed by atoms with Gasteiger partial charge in [0, 0.05) is 5.56 Å². The first-order valence-corrected chi connectivity index (χ1v) is 5.80. The second-order valence-corrected chi connectivity index (χ2v) is 3.72. The SMILES string of the molecule is O=C(NCC#CCO)c1occc1-c1ccccc1. The van der Waals surface area contributed by atoms with Crippen molar-refractivity contribution < 1.29 is 14.3 Å². The molecule has 4 nitrogen and oxygen atoms in total. The number of amides is 1. The summed E-state index contributed by atoms with van der Waals surface area (Å²) in [4.78, 5) is 11.9. The molecule has 1 aromatic heterocycles. The zero-order valence-electron chi connectivity index (χ0n) is 10.2. The van der Waals surface area contributed by atoms with E-state index in [0.29, 0.717) is 0 Å². The molecule has 0 atom stereocenters. The summed E-state index contributed by atoms with van der Waals surface area (Å²) in [6, 6.07) is 11.3. The van der Waals surface area contributed by atoms with Crippen molar-refractivity contribution in [1.29, 1.82) is 0 Å². The molecule has 0 aliphatic rings. The highest BCUT2D eigenvalue weighted by Crippen LogP contribution is 2.24. The highest BCUT2D eigenvalue weighted by molar-refractivity contribution is 5.98. The van der Waals surface area contributed by atoms with Crippen LogP contribution in [0.5, 0.6) is 0 Å². The van der Waals surface area contributed by atoms with E-state index in [4.69, 9.17) is 9.52 Å². The minimum absolute atomic E-state index is 0.175. The van der Waals surface area contributed by atoms with Crippen molar-refractivity contribution in [2.75, 3.05) is 13.2 Å². The molecule has 0 saturated heterocycles. The zero-order valence-corrected chi connectivity index (χ0v) is 10.2. The predicted molar refractivity (Wildman–Crippen MR) is 71.3 cm³/mol. The van der Waals surface area contributed by atoms with Gasteiger partial charge in [-0.1, -0.05) is 42.2 Å². The Hall–Kier alpha value is -2.51. The van der Waals surface area contributed by atoms with Gasteiger partial charge in [-0.3, -0.25) is 4.79 Å². The molecule has 0 unspecified atom stereocenters. The molecule has 2 N–H and O–H groups in total. The van der Waals surface area contributed by atoms with Crippen LogP contribution in [0, 0.1) is 11.8 Å². The van der Waals surface area contributed by atoms with Gasteiger partial charge in [0.1, 0.15) is 6.61 Å². The van der Waals surface area contributed by atoms with Gasteiger partial charge in [0.05, 0.1) is 12.8 Å². The number of benzene rings is 1. The highest BCUT2D eigenvalue weighted by atomic mass is 16.3. The maximum Gasteiger partial charge on any atom is 0.288 e. The molecular formula is C15H13NO3. The van der Waals surface area contributed by atoms with Crippen molar-refractivity contribution >= 4 is 5.91 Å². The summed E-state index contributed by atoms with van der Waals surface area (Å²) in [6.45, 7) is -0.0415. The fourth-order valence-corrected chi connectivity index (χ4v) is 1.65. The molecule has 1 heterocycles. The number of nitrogens with one attached hydrogen (secondary N) is 1. The topological polar surface area (TPSA) is 62.5 Å². The van der Waals surface area contributed by atoms with E-state index < -0.39 is 0 Å². The molecule has 0 aliphatic heterocycles. The van der Waals surface area contributed by atoms with Gasteiger partial charge in [-0.25, -0.2) is 0 Å². The molecule has 0 fully saturated rings. The van der Waals surface area contributed by atoms with Gasteiger partial charge >= 0.3 is 0 Å². The Labute approximate surface area is 111 Å². The Balaban J connectivity index is 2.14. The van der Waals surface area contributed by atoms with E-state index in [0.717, 1.165) is 11.1 Å². The highest BCUT2D eigenvalue weighted by Gasteiger charge is 2.15. The van der Waals surface area contributed by atoms with Crippen molar-refractivity contribution in [3.8, 4) is 23.0 Å². The molecule has 0 spiro atoms. The Morgan fingerprint density at radius 1 is 1.21 bits per heavy atom. The first-order chi connectivity index (χ1) is 9.33. The number of aliphatic hydroxyl groups excluding tert-OH is 1. The van der Waals surface area contributed by atoms with E-state index in [1.165, 1.54) is 6.26 Å². The van der Waals surface area contributed by atoms with Crippen molar-refractivity contribution in [3.05, 3.63) is 48.4 Å². The zero-order chi connectivity index (χ0) is 13.5. The quantitative estimate of drug-likeness (QED) is 0.820. The average Bonchev–Trinajstić information content (AvgIpc) is 2.94. The average molecular weight is 255 g/mol. The van der Waals surface area contributed by atoms with Crippen LogP contribution >= 0.6 is 0 Å². The summed E-state index contributed by atoms with van der Waals surface area (Å²) < 4.78 is 5.23. The molecule has 19 heavy (non-hydrogen) atoms. The van der Waals surface area contributed by atoms with Crippen LogP contribution in [0.4, 0.5) is 0 Å². The maximum atomic E-state index is 11.9. The molecule has 1 amide bonds. The molecule has 2 aromatic rings. The lowest BCUT2D eigenvalue weighted by Crippen LogP contribution is -2.23. The van der Waals surface area contributed by atoms with Gasteiger partial charge in [-0.05, 0) is 11.6 Å². The van der Waals surface area contributed by atoms with Crippen LogP contribution in [0.1, 0.15) is 10.6 Å². The second kappa shape index (κ2) is 6.43. The number of carbonyl (C=O) groups is 1. The normalized spacial score (nSPS) is 9.53. The van der Waals surface area contributed by atoms with Gasteiger partial charge < -0.3 is 14.8 Å². The Morgan fingerprint density at radius 2 is 2.00 bits per heavy atom. The molecule has 0 aliphatic carbocycles. The van der Waals surface area contributed by atoms with E-state index in [1.54, 1.807) is 6.07 Å². The van der Waals surface area contributed by atoms with Gasteiger partial charge in [0.15, 0.2) is 5.76 Å². The van der Waals surface area contributed by atoms with E-state index in [1.807, 2.05) is 30.3 Å². The Morgan fingerprint density at radius 3 is 2.74 bits per heavy atom. The lowest BCUT2D eigenvalue weighted by Gasteiger charge is -2.02. The summed E-state index contributed by atoms with van der Waals surface area (Å²) in [5.41, 5.74) is 1.66. The second-order valence-electron chi connectivity index (χ2n) is 3.72. The van der Waals surface area contributed by atoms with Crippen LogP contribution in [0.15, 0.2) is 47.1 Å². The number of furan rings is 1. The van der Waals surface area contributed by atoms with Gasteiger partial charge in [0.2, 0.25) is 0 Å².